The van der Waals surface area contributed by atoms with Crippen molar-refractivity contribution in [2.75, 3.05) is 19.8 Å². The van der Waals surface area contributed by atoms with Crippen LogP contribution in [0.2, 0.25) is 0 Å². The van der Waals surface area contributed by atoms with Gasteiger partial charge in [-0.3, -0.25) is 4.90 Å². The molecule has 0 bridgehead atoms. The minimum atomic E-state index is -0.508. The molecule has 1 heterocycles. The molecule has 0 radical (unpaired) electrons. The molecule has 0 unspecified atom stereocenters. The molecular weight excluding hydrogens is 158 g/mol. The highest BCUT2D eigenvalue weighted by Gasteiger charge is 2.37. The summed E-state index contributed by atoms with van der Waals surface area (Å²) >= 11 is 0. The Labute approximate surface area is 72.4 Å². The van der Waals surface area contributed by atoms with E-state index in [1.807, 2.05) is 13.8 Å². The Morgan fingerprint density at radius 1 is 1.67 bits per heavy atom. The Morgan fingerprint density at radius 3 is 2.75 bits per heavy atom. The van der Waals surface area contributed by atoms with Crippen molar-refractivity contribution in [3.63, 3.8) is 0 Å². The molecule has 1 fully saturated rings. The number of hydrogen-bond acceptors (Lipinski definition) is 3. The molecule has 12 heavy (non-hydrogen) atoms. The van der Waals surface area contributed by atoms with Crippen molar-refractivity contribution < 1.29 is 14.3 Å². The van der Waals surface area contributed by atoms with Gasteiger partial charge in [0.25, 0.3) is 0 Å². The molecule has 4 nitrogen and oxygen atoms in total. The van der Waals surface area contributed by atoms with Crippen molar-refractivity contribution in [3.05, 3.63) is 0 Å². The van der Waals surface area contributed by atoms with E-state index in [0.717, 1.165) is 0 Å². The van der Waals surface area contributed by atoms with Gasteiger partial charge in [-0.05, 0) is 20.8 Å². The van der Waals surface area contributed by atoms with Crippen LogP contribution in [0.4, 0.5) is 4.79 Å². The Bertz CT molecular complexity index is 179. The van der Waals surface area contributed by atoms with Crippen molar-refractivity contribution in [1.82, 2.24) is 4.90 Å². The summed E-state index contributed by atoms with van der Waals surface area (Å²) in [6.45, 7) is 7.12. The maximum Gasteiger partial charge on any atom is 0.412 e. The van der Waals surface area contributed by atoms with E-state index in [0.29, 0.717) is 19.8 Å². The molecule has 0 spiro atoms. The summed E-state index contributed by atoms with van der Waals surface area (Å²) < 4.78 is 10.2. The van der Waals surface area contributed by atoms with Crippen LogP contribution >= 0.6 is 0 Å². The van der Waals surface area contributed by atoms with Crippen LogP contribution in [0.1, 0.15) is 20.8 Å². The third-order valence-electron chi connectivity index (χ3n) is 1.91. The fraction of sp³-hybridized carbons (Fsp3) is 0.875. The van der Waals surface area contributed by atoms with Crippen molar-refractivity contribution >= 4 is 6.09 Å². The van der Waals surface area contributed by atoms with Gasteiger partial charge in [0.05, 0.1) is 19.8 Å². The van der Waals surface area contributed by atoms with E-state index in [4.69, 9.17) is 9.47 Å². The monoisotopic (exact) mass is 173 g/mol. The zero-order chi connectivity index (χ0) is 9.19. The second kappa shape index (κ2) is 3.31. The van der Waals surface area contributed by atoms with Crippen molar-refractivity contribution in [1.29, 1.82) is 0 Å². The van der Waals surface area contributed by atoms with Gasteiger partial charge >= 0.3 is 6.09 Å². The van der Waals surface area contributed by atoms with Crippen LogP contribution in [-0.4, -0.2) is 36.5 Å². The summed E-state index contributed by atoms with van der Waals surface area (Å²) in [7, 11) is 0. The van der Waals surface area contributed by atoms with Crippen molar-refractivity contribution in [3.8, 4) is 0 Å². The topological polar surface area (TPSA) is 38.8 Å². The quantitative estimate of drug-likeness (QED) is 0.598. The Kier molecular flexibility index (Phi) is 2.57. The van der Waals surface area contributed by atoms with Gasteiger partial charge in [0.15, 0.2) is 0 Å². The van der Waals surface area contributed by atoms with Gasteiger partial charge in [-0.15, -0.1) is 0 Å². The first-order valence-electron chi connectivity index (χ1n) is 4.16. The number of ether oxygens (including phenoxy) is 2. The lowest BCUT2D eigenvalue weighted by Gasteiger charge is -2.28. The van der Waals surface area contributed by atoms with Gasteiger partial charge in [0.1, 0.15) is 5.72 Å². The number of hydrogen-bond donors (Lipinski definition) is 0. The van der Waals surface area contributed by atoms with Gasteiger partial charge in [0.2, 0.25) is 0 Å². The molecule has 1 aliphatic rings. The van der Waals surface area contributed by atoms with Crippen LogP contribution < -0.4 is 0 Å². The average molecular weight is 173 g/mol. The van der Waals surface area contributed by atoms with Crippen molar-refractivity contribution in [2.24, 2.45) is 0 Å². The fourth-order valence-corrected chi connectivity index (χ4v) is 1.25. The molecule has 1 rings (SSSR count). The largest absolute Gasteiger partial charge is 0.450 e. The zero-order valence-corrected chi connectivity index (χ0v) is 7.79. The fourth-order valence-electron chi connectivity index (χ4n) is 1.25. The van der Waals surface area contributed by atoms with Crippen LogP contribution in [0.5, 0.6) is 0 Å². The van der Waals surface area contributed by atoms with E-state index in [-0.39, 0.29) is 6.09 Å². The number of amides is 1. The van der Waals surface area contributed by atoms with Crippen LogP contribution in [0.15, 0.2) is 0 Å². The highest BCUT2D eigenvalue weighted by Crippen LogP contribution is 2.22. The summed E-state index contributed by atoms with van der Waals surface area (Å²) in [5, 5.41) is 0. The Hall–Kier alpha value is -0.770. The Balaban J connectivity index is 2.56. The van der Waals surface area contributed by atoms with Gasteiger partial charge in [-0.2, -0.15) is 0 Å². The molecular formula is C8H15NO3. The molecule has 1 amide bonds. The lowest BCUT2D eigenvalue weighted by Crippen LogP contribution is -2.43. The number of carbonyl (C=O) groups excluding carboxylic acids is 1. The van der Waals surface area contributed by atoms with E-state index < -0.39 is 5.72 Å². The first-order chi connectivity index (χ1) is 5.58. The third-order valence-corrected chi connectivity index (χ3v) is 1.91. The summed E-state index contributed by atoms with van der Waals surface area (Å²) in [6.07, 6.45) is -0.292. The van der Waals surface area contributed by atoms with Crippen LogP contribution in [0, 0.1) is 0 Å². The number of rotatable bonds is 1. The molecule has 0 N–H and O–H groups in total. The smallest absolute Gasteiger partial charge is 0.412 e. The predicted octanol–water partition coefficient (Wildman–Crippen LogP) is 1.21. The third kappa shape index (κ3) is 1.69. The lowest BCUT2D eigenvalue weighted by atomic mass is 10.3. The van der Waals surface area contributed by atoms with Gasteiger partial charge < -0.3 is 9.47 Å². The summed E-state index contributed by atoms with van der Waals surface area (Å²) in [4.78, 5) is 12.9. The molecule has 0 aromatic carbocycles. The van der Waals surface area contributed by atoms with Crippen LogP contribution in [-0.2, 0) is 9.47 Å². The second-order valence-corrected chi connectivity index (χ2v) is 3.15. The van der Waals surface area contributed by atoms with E-state index in [9.17, 15) is 4.79 Å². The summed E-state index contributed by atoms with van der Waals surface area (Å²) in [6, 6.07) is 0. The number of nitrogens with zero attached hydrogens (tertiary/aromatic N) is 1. The standard InChI is InChI=1S/C8H15NO3/c1-4-11-7(10)9-5-6-12-8(9,2)3/h4-6H2,1-3H3. The van der Waals surface area contributed by atoms with E-state index in [1.165, 1.54) is 0 Å². The molecule has 0 aromatic heterocycles. The van der Waals surface area contributed by atoms with Crippen LogP contribution in [0.3, 0.4) is 0 Å². The lowest BCUT2D eigenvalue weighted by molar-refractivity contribution is -0.0446. The maximum absolute atomic E-state index is 11.3. The minimum absolute atomic E-state index is 0.292. The molecule has 0 aliphatic carbocycles. The van der Waals surface area contributed by atoms with E-state index in [2.05, 4.69) is 0 Å². The zero-order valence-electron chi connectivity index (χ0n) is 7.79. The first kappa shape index (κ1) is 9.32. The summed E-state index contributed by atoms with van der Waals surface area (Å²) in [5.41, 5.74) is -0.508. The average Bonchev–Trinajstić information content (AvgIpc) is 2.30. The second-order valence-electron chi connectivity index (χ2n) is 3.15. The normalized spacial score (nSPS) is 21.1. The first-order valence-corrected chi connectivity index (χ1v) is 4.16. The highest BCUT2D eigenvalue weighted by molar-refractivity contribution is 5.68. The van der Waals surface area contributed by atoms with E-state index in [1.54, 1.807) is 11.8 Å². The van der Waals surface area contributed by atoms with E-state index >= 15 is 0 Å². The minimum Gasteiger partial charge on any atom is -0.450 e. The molecule has 4 heteroatoms. The van der Waals surface area contributed by atoms with Crippen molar-refractivity contribution in [2.45, 2.75) is 26.5 Å². The predicted molar refractivity (Wildman–Crippen MR) is 43.8 cm³/mol. The SMILES string of the molecule is CCOC(=O)N1CCOC1(C)C. The van der Waals surface area contributed by atoms with Gasteiger partial charge in [0, 0.05) is 0 Å². The summed E-state index contributed by atoms with van der Waals surface area (Å²) in [5.74, 6) is 0. The van der Waals surface area contributed by atoms with Crippen LogP contribution in [0.25, 0.3) is 0 Å². The molecule has 1 aliphatic heterocycles. The molecule has 0 saturated carbocycles. The molecule has 1 saturated heterocycles. The molecule has 0 atom stereocenters. The molecule has 0 aromatic rings. The highest BCUT2D eigenvalue weighted by atomic mass is 16.6. The molecule has 70 valence electrons. The maximum atomic E-state index is 11.3. The number of carbonyl (C=O) groups is 1. The van der Waals surface area contributed by atoms with Gasteiger partial charge in [-0.25, -0.2) is 4.79 Å². The Morgan fingerprint density at radius 2 is 2.33 bits per heavy atom. The van der Waals surface area contributed by atoms with Gasteiger partial charge in [-0.1, -0.05) is 0 Å².